The first-order valence-electron chi connectivity index (χ1n) is 6.83. The zero-order valence-corrected chi connectivity index (χ0v) is 11.4. The summed E-state index contributed by atoms with van der Waals surface area (Å²) in [5.41, 5.74) is 8.61. The van der Waals surface area contributed by atoms with Crippen LogP contribution in [0, 0.1) is 6.92 Å². The lowest BCUT2D eigenvalue weighted by atomic mass is 10.1. The fourth-order valence-electron chi connectivity index (χ4n) is 2.74. The molecule has 1 aliphatic carbocycles. The van der Waals surface area contributed by atoms with Crippen LogP contribution < -0.4 is 15.8 Å². The first kappa shape index (κ1) is 13.4. The third-order valence-electron chi connectivity index (χ3n) is 3.81. The van der Waals surface area contributed by atoms with Crippen molar-refractivity contribution in [3.63, 3.8) is 0 Å². The molecule has 2 unspecified atom stereocenters. The molecular weight excluding hydrogens is 224 g/mol. The zero-order chi connectivity index (χ0) is 13.0. The molecule has 1 aliphatic rings. The summed E-state index contributed by atoms with van der Waals surface area (Å²) in [5, 5.41) is 3.57. The van der Waals surface area contributed by atoms with Crippen LogP contribution in [0.1, 0.15) is 30.4 Å². The lowest BCUT2D eigenvalue weighted by molar-refractivity contribution is 0.407. The lowest BCUT2D eigenvalue weighted by Crippen LogP contribution is -2.41. The molecule has 1 fully saturated rings. The minimum Gasteiger partial charge on any atom is -0.496 e. The highest BCUT2D eigenvalue weighted by Gasteiger charge is 2.22. The Morgan fingerprint density at radius 1 is 1.39 bits per heavy atom. The first-order valence-corrected chi connectivity index (χ1v) is 6.83. The van der Waals surface area contributed by atoms with Crippen molar-refractivity contribution in [3.05, 3.63) is 29.3 Å². The Labute approximate surface area is 110 Å². The molecule has 3 N–H and O–H groups in total. The maximum atomic E-state index is 6.05. The van der Waals surface area contributed by atoms with E-state index in [2.05, 4.69) is 24.4 Å². The van der Waals surface area contributed by atoms with Crippen molar-refractivity contribution in [1.29, 1.82) is 0 Å². The van der Waals surface area contributed by atoms with Crippen molar-refractivity contribution < 1.29 is 4.74 Å². The summed E-state index contributed by atoms with van der Waals surface area (Å²) >= 11 is 0. The van der Waals surface area contributed by atoms with Gasteiger partial charge in [0.25, 0.3) is 0 Å². The van der Waals surface area contributed by atoms with E-state index in [0.29, 0.717) is 12.1 Å². The number of rotatable bonds is 5. The number of ether oxygens (including phenoxy) is 1. The second-order valence-corrected chi connectivity index (χ2v) is 5.22. The molecule has 0 aliphatic heterocycles. The fourth-order valence-corrected chi connectivity index (χ4v) is 2.74. The van der Waals surface area contributed by atoms with E-state index in [1.165, 1.54) is 24.0 Å². The van der Waals surface area contributed by atoms with Crippen LogP contribution in [0.5, 0.6) is 5.75 Å². The zero-order valence-electron chi connectivity index (χ0n) is 11.4. The number of aryl methyl sites for hydroxylation is 1. The Hall–Kier alpha value is -1.06. The highest BCUT2D eigenvalue weighted by Crippen LogP contribution is 2.21. The van der Waals surface area contributed by atoms with E-state index in [4.69, 9.17) is 10.5 Å². The van der Waals surface area contributed by atoms with Crippen LogP contribution in [0.2, 0.25) is 0 Å². The number of methoxy groups -OCH3 is 1. The number of hydrogen-bond acceptors (Lipinski definition) is 3. The molecule has 0 amide bonds. The van der Waals surface area contributed by atoms with Crippen LogP contribution in [0.3, 0.4) is 0 Å². The predicted octanol–water partition coefficient (Wildman–Crippen LogP) is 2.02. The lowest BCUT2D eigenvalue weighted by Gasteiger charge is -2.17. The maximum absolute atomic E-state index is 6.05. The standard InChI is InChI=1S/C15H24N2O/c1-11-6-7-15(18-2)12(10-11)8-9-17-14-5-3-4-13(14)16/h6-7,10,13-14,17H,3-5,8-9,16H2,1-2H3. The van der Waals surface area contributed by atoms with Crippen molar-refractivity contribution >= 4 is 0 Å². The Balaban J connectivity index is 1.87. The van der Waals surface area contributed by atoms with Gasteiger partial charge in [0.15, 0.2) is 0 Å². The van der Waals surface area contributed by atoms with Crippen molar-refractivity contribution in [2.24, 2.45) is 5.73 Å². The molecule has 0 radical (unpaired) electrons. The fraction of sp³-hybridized carbons (Fsp3) is 0.600. The number of benzene rings is 1. The van der Waals surface area contributed by atoms with Crippen molar-refractivity contribution in [2.45, 2.75) is 44.7 Å². The average molecular weight is 248 g/mol. The third kappa shape index (κ3) is 3.24. The summed E-state index contributed by atoms with van der Waals surface area (Å²) in [5.74, 6) is 0.984. The maximum Gasteiger partial charge on any atom is 0.122 e. The van der Waals surface area contributed by atoms with Gasteiger partial charge in [0.05, 0.1) is 7.11 Å². The summed E-state index contributed by atoms with van der Waals surface area (Å²) in [6, 6.07) is 7.18. The van der Waals surface area contributed by atoms with E-state index in [1.54, 1.807) is 7.11 Å². The van der Waals surface area contributed by atoms with Gasteiger partial charge in [-0.15, -0.1) is 0 Å². The first-order chi connectivity index (χ1) is 8.70. The molecule has 0 heterocycles. The molecule has 1 aromatic carbocycles. The normalized spacial score (nSPS) is 23.3. The van der Waals surface area contributed by atoms with Gasteiger partial charge in [0.1, 0.15) is 5.75 Å². The van der Waals surface area contributed by atoms with Gasteiger partial charge in [0, 0.05) is 12.1 Å². The summed E-state index contributed by atoms with van der Waals surface area (Å²) in [6.07, 6.45) is 4.62. The molecule has 100 valence electrons. The van der Waals surface area contributed by atoms with Crippen molar-refractivity contribution in [3.8, 4) is 5.75 Å². The summed E-state index contributed by atoms with van der Waals surface area (Å²) in [7, 11) is 1.73. The molecule has 18 heavy (non-hydrogen) atoms. The van der Waals surface area contributed by atoms with Crippen LogP contribution >= 0.6 is 0 Å². The summed E-state index contributed by atoms with van der Waals surface area (Å²) < 4.78 is 5.39. The second-order valence-electron chi connectivity index (χ2n) is 5.22. The smallest absolute Gasteiger partial charge is 0.122 e. The van der Waals surface area contributed by atoms with E-state index in [-0.39, 0.29) is 0 Å². The van der Waals surface area contributed by atoms with E-state index in [1.807, 2.05) is 6.07 Å². The average Bonchev–Trinajstić information content (AvgIpc) is 2.76. The van der Waals surface area contributed by atoms with Crippen LogP contribution in [0.25, 0.3) is 0 Å². The molecule has 3 nitrogen and oxygen atoms in total. The molecule has 3 heteroatoms. The number of nitrogens with one attached hydrogen (secondary N) is 1. The molecule has 0 spiro atoms. The van der Waals surface area contributed by atoms with Gasteiger partial charge in [0.2, 0.25) is 0 Å². The highest BCUT2D eigenvalue weighted by molar-refractivity contribution is 5.37. The van der Waals surface area contributed by atoms with E-state index < -0.39 is 0 Å². The van der Waals surface area contributed by atoms with Gasteiger partial charge in [-0.3, -0.25) is 0 Å². The van der Waals surface area contributed by atoms with E-state index in [9.17, 15) is 0 Å². The summed E-state index contributed by atoms with van der Waals surface area (Å²) in [4.78, 5) is 0. The molecular formula is C15H24N2O. The third-order valence-corrected chi connectivity index (χ3v) is 3.81. The predicted molar refractivity (Wildman–Crippen MR) is 75.1 cm³/mol. The molecule has 1 saturated carbocycles. The second kappa shape index (κ2) is 6.21. The summed E-state index contributed by atoms with van der Waals surface area (Å²) in [6.45, 7) is 3.08. The van der Waals surface area contributed by atoms with Gasteiger partial charge >= 0.3 is 0 Å². The Bertz CT molecular complexity index is 392. The van der Waals surface area contributed by atoms with Gasteiger partial charge in [-0.2, -0.15) is 0 Å². The van der Waals surface area contributed by atoms with E-state index in [0.717, 1.165) is 25.1 Å². The highest BCUT2D eigenvalue weighted by atomic mass is 16.5. The Kier molecular flexibility index (Phi) is 4.61. The van der Waals surface area contributed by atoms with Crippen molar-refractivity contribution in [1.82, 2.24) is 5.32 Å². The molecule has 2 rings (SSSR count). The molecule has 0 bridgehead atoms. The minimum absolute atomic E-state index is 0.337. The van der Waals surface area contributed by atoms with Gasteiger partial charge in [-0.05, 0) is 44.4 Å². The molecule has 2 atom stereocenters. The largest absolute Gasteiger partial charge is 0.496 e. The number of hydrogen-bond donors (Lipinski definition) is 2. The molecule has 0 aromatic heterocycles. The van der Waals surface area contributed by atoms with Crippen LogP contribution in [-0.2, 0) is 6.42 Å². The molecule has 0 saturated heterocycles. The Morgan fingerprint density at radius 2 is 2.22 bits per heavy atom. The topological polar surface area (TPSA) is 47.3 Å². The van der Waals surface area contributed by atoms with Gasteiger partial charge in [-0.1, -0.05) is 24.1 Å². The van der Waals surface area contributed by atoms with Crippen LogP contribution in [0.4, 0.5) is 0 Å². The van der Waals surface area contributed by atoms with E-state index >= 15 is 0 Å². The van der Waals surface area contributed by atoms with Gasteiger partial charge in [-0.25, -0.2) is 0 Å². The Morgan fingerprint density at radius 3 is 2.89 bits per heavy atom. The number of nitrogens with two attached hydrogens (primary N) is 1. The van der Waals surface area contributed by atoms with Crippen LogP contribution in [-0.4, -0.2) is 25.7 Å². The molecule has 1 aromatic rings. The SMILES string of the molecule is COc1ccc(C)cc1CCNC1CCCC1N. The van der Waals surface area contributed by atoms with Crippen molar-refractivity contribution in [2.75, 3.05) is 13.7 Å². The van der Waals surface area contributed by atoms with Crippen LogP contribution in [0.15, 0.2) is 18.2 Å². The minimum atomic E-state index is 0.337. The quantitative estimate of drug-likeness (QED) is 0.838. The van der Waals surface area contributed by atoms with Gasteiger partial charge < -0.3 is 15.8 Å². The monoisotopic (exact) mass is 248 g/mol.